The number of ether oxygens (including phenoxy) is 1. The summed E-state index contributed by atoms with van der Waals surface area (Å²) in [5.41, 5.74) is 3.19. The zero-order valence-corrected chi connectivity index (χ0v) is 14.3. The molecule has 2 aromatic rings. The molecule has 122 valence electrons. The molecule has 1 aliphatic rings. The summed E-state index contributed by atoms with van der Waals surface area (Å²) in [6.07, 6.45) is 1.72. The van der Waals surface area contributed by atoms with Crippen molar-refractivity contribution in [1.82, 2.24) is 4.90 Å². The molecule has 0 unspecified atom stereocenters. The van der Waals surface area contributed by atoms with Gasteiger partial charge in [-0.25, -0.2) is 0 Å². The molecule has 4 nitrogen and oxygen atoms in total. The van der Waals surface area contributed by atoms with Crippen molar-refractivity contribution in [2.45, 2.75) is 13.5 Å². The molecule has 0 aliphatic carbocycles. The van der Waals surface area contributed by atoms with E-state index in [2.05, 4.69) is 19.1 Å². The molecule has 1 saturated heterocycles. The average molecular weight is 339 g/mol. The Morgan fingerprint density at radius 1 is 1.04 bits per heavy atom. The summed E-state index contributed by atoms with van der Waals surface area (Å²) in [5, 5.41) is -0.246. The molecule has 0 atom stereocenters. The minimum Gasteiger partial charge on any atom is -0.489 e. The van der Waals surface area contributed by atoms with Gasteiger partial charge in [-0.3, -0.25) is 14.5 Å². The quantitative estimate of drug-likeness (QED) is 0.782. The van der Waals surface area contributed by atoms with Crippen LogP contribution in [-0.4, -0.2) is 23.1 Å². The zero-order chi connectivity index (χ0) is 17.1. The van der Waals surface area contributed by atoms with Gasteiger partial charge in [0, 0.05) is 7.05 Å². The highest BCUT2D eigenvalue weighted by atomic mass is 32.2. The van der Waals surface area contributed by atoms with E-state index in [1.165, 1.54) is 12.6 Å². The first kappa shape index (κ1) is 16.3. The van der Waals surface area contributed by atoms with Gasteiger partial charge in [0.05, 0.1) is 4.91 Å². The summed E-state index contributed by atoms with van der Waals surface area (Å²) in [6, 6.07) is 15.7. The van der Waals surface area contributed by atoms with Gasteiger partial charge >= 0.3 is 0 Å². The predicted octanol–water partition coefficient (Wildman–Crippen LogP) is 4.24. The number of benzene rings is 2. The maximum absolute atomic E-state index is 11.9. The molecule has 24 heavy (non-hydrogen) atoms. The highest BCUT2D eigenvalue weighted by Gasteiger charge is 2.31. The summed E-state index contributed by atoms with van der Waals surface area (Å²) in [5.74, 6) is 0.501. The van der Waals surface area contributed by atoms with Crippen LogP contribution in [0.15, 0.2) is 53.4 Å². The monoisotopic (exact) mass is 339 g/mol. The van der Waals surface area contributed by atoms with Gasteiger partial charge in [0.25, 0.3) is 11.1 Å². The van der Waals surface area contributed by atoms with Gasteiger partial charge in [0.15, 0.2) is 0 Å². The largest absolute Gasteiger partial charge is 0.489 e. The van der Waals surface area contributed by atoms with Crippen LogP contribution in [0.25, 0.3) is 6.08 Å². The lowest BCUT2D eigenvalue weighted by Crippen LogP contribution is -2.22. The number of hydrogen-bond donors (Lipinski definition) is 0. The van der Waals surface area contributed by atoms with Crippen molar-refractivity contribution in [3.63, 3.8) is 0 Å². The van der Waals surface area contributed by atoms with E-state index in [0.29, 0.717) is 11.5 Å². The van der Waals surface area contributed by atoms with Gasteiger partial charge in [-0.2, -0.15) is 0 Å². The number of likely N-dealkylation sites (N-methyl/N-ethyl adjacent to an activating group) is 1. The highest BCUT2D eigenvalue weighted by Crippen LogP contribution is 2.31. The first-order valence-electron chi connectivity index (χ1n) is 7.53. The Morgan fingerprint density at radius 3 is 2.29 bits per heavy atom. The Kier molecular flexibility index (Phi) is 4.71. The molecule has 0 radical (unpaired) electrons. The van der Waals surface area contributed by atoms with Crippen LogP contribution >= 0.6 is 11.8 Å². The lowest BCUT2D eigenvalue weighted by Gasteiger charge is -2.07. The van der Waals surface area contributed by atoms with Crippen LogP contribution in [0.2, 0.25) is 0 Å². The summed E-state index contributed by atoms with van der Waals surface area (Å²) in [7, 11) is 1.49. The Labute approximate surface area is 145 Å². The first-order valence-corrected chi connectivity index (χ1v) is 8.34. The average Bonchev–Trinajstić information content (AvgIpc) is 2.83. The van der Waals surface area contributed by atoms with E-state index >= 15 is 0 Å². The molecule has 1 fully saturated rings. The smallest absolute Gasteiger partial charge is 0.293 e. The summed E-state index contributed by atoms with van der Waals surface area (Å²) in [6.45, 7) is 2.56. The number of nitrogens with zero attached hydrogens (tertiary/aromatic N) is 1. The maximum Gasteiger partial charge on any atom is 0.293 e. The Morgan fingerprint density at radius 2 is 1.71 bits per heavy atom. The molecule has 0 aromatic heterocycles. The van der Waals surface area contributed by atoms with E-state index in [0.717, 1.165) is 33.5 Å². The fourth-order valence-electron chi connectivity index (χ4n) is 2.21. The van der Waals surface area contributed by atoms with Gasteiger partial charge in [0.2, 0.25) is 0 Å². The van der Waals surface area contributed by atoms with Gasteiger partial charge in [-0.1, -0.05) is 42.0 Å². The molecule has 2 aromatic carbocycles. The van der Waals surface area contributed by atoms with E-state index < -0.39 is 0 Å². The van der Waals surface area contributed by atoms with Crippen molar-refractivity contribution < 1.29 is 14.3 Å². The fourth-order valence-corrected chi connectivity index (χ4v) is 3.04. The van der Waals surface area contributed by atoms with Crippen LogP contribution < -0.4 is 4.74 Å². The third kappa shape index (κ3) is 3.68. The van der Waals surface area contributed by atoms with Crippen molar-refractivity contribution in [3.05, 3.63) is 70.1 Å². The lowest BCUT2D eigenvalue weighted by atomic mass is 10.1. The van der Waals surface area contributed by atoms with Crippen LogP contribution in [0, 0.1) is 6.92 Å². The number of thioether (sulfide) groups is 1. The minimum atomic E-state index is -0.260. The van der Waals surface area contributed by atoms with Gasteiger partial charge in [0.1, 0.15) is 12.4 Å². The third-order valence-corrected chi connectivity index (χ3v) is 4.65. The number of aryl methyl sites for hydroxylation is 1. The van der Waals surface area contributed by atoms with Gasteiger partial charge < -0.3 is 4.74 Å². The van der Waals surface area contributed by atoms with Crippen LogP contribution in [0.5, 0.6) is 5.75 Å². The number of hydrogen-bond acceptors (Lipinski definition) is 4. The highest BCUT2D eigenvalue weighted by molar-refractivity contribution is 8.18. The normalized spacial score (nSPS) is 16.1. The predicted molar refractivity (Wildman–Crippen MR) is 95.7 cm³/mol. The first-order chi connectivity index (χ1) is 11.5. The number of rotatable bonds is 4. The van der Waals surface area contributed by atoms with Gasteiger partial charge in [-0.05, 0) is 48.0 Å². The zero-order valence-electron chi connectivity index (χ0n) is 13.5. The Bertz CT molecular complexity index is 794. The third-order valence-electron chi connectivity index (χ3n) is 3.69. The van der Waals surface area contributed by atoms with Crippen molar-refractivity contribution in [2.24, 2.45) is 0 Å². The molecule has 1 heterocycles. The summed E-state index contributed by atoms with van der Waals surface area (Å²) >= 11 is 0.957. The van der Waals surface area contributed by atoms with Crippen molar-refractivity contribution in [2.75, 3.05) is 7.05 Å². The topological polar surface area (TPSA) is 46.6 Å². The number of carbonyl (C=O) groups is 2. The molecular weight excluding hydrogens is 322 g/mol. The lowest BCUT2D eigenvalue weighted by molar-refractivity contribution is -0.121. The standard InChI is InChI=1S/C19H17NO3S/c1-13-3-5-15(6-4-13)12-23-16-9-7-14(8-10-16)11-17-18(21)20(2)19(22)24-17/h3-11H,12H2,1-2H3/b17-11-. The molecule has 5 heteroatoms. The molecule has 0 saturated carbocycles. The maximum atomic E-state index is 11.9. The summed E-state index contributed by atoms with van der Waals surface area (Å²) in [4.78, 5) is 24.9. The molecule has 2 amide bonds. The molecule has 3 rings (SSSR count). The van der Waals surface area contributed by atoms with Crippen molar-refractivity contribution >= 4 is 29.0 Å². The molecule has 0 spiro atoms. The van der Waals surface area contributed by atoms with E-state index in [4.69, 9.17) is 4.74 Å². The van der Waals surface area contributed by atoms with E-state index in [9.17, 15) is 9.59 Å². The van der Waals surface area contributed by atoms with Gasteiger partial charge in [-0.15, -0.1) is 0 Å². The fraction of sp³-hybridized carbons (Fsp3) is 0.158. The van der Waals surface area contributed by atoms with Crippen LogP contribution in [-0.2, 0) is 11.4 Å². The number of amides is 2. The van der Waals surface area contributed by atoms with E-state index in [1.807, 2.05) is 36.4 Å². The molecule has 1 aliphatic heterocycles. The van der Waals surface area contributed by atoms with Crippen LogP contribution in [0.4, 0.5) is 4.79 Å². The van der Waals surface area contributed by atoms with E-state index in [1.54, 1.807) is 6.08 Å². The second-order valence-electron chi connectivity index (χ2n) is 5.58. The van der Waals surface area contributed by atoms with Crippen molar-refractivity contribution in [3.8, 4) is 5.75 Å². The number of imide groups is 1. The molecular formula is C19H17NO3S. The molecule has 0 bridgehead atoms. The van der Waals surface area contributed by atoms with Crippen LogP contribution in [0.3, 0.4) is 0 Å². The summed E-state index contributed by atoms with van der Waals surface area (Å²) < 4.78 is 5.76. The second kappa shape index (κ2) is 6.93. The Balaban J connectivity index is 1.64. The van der Waals surface area contributed by atoms with E-state index in [-0.39, 0.29) is 11.1 Å². The number of carbonyl (C=O) groups excluding carboxylic acids is 2. The van der Waals surface area contributed by atoms with Crippen molar-refractivity contribution in [1.29, 1.82) is 0 Å². The second-order valence-corrected chi connectivity index (χ2v) is 6.58. The SMILES string of the molecule is Cc1ccc(COc2ccc(/C=C3\SC(=O)N(C)C3=O)cc2)cc1. The molecule has 0 N–H and O–H groups in total. The van der Waals surface area contributed by atoms with Crippen LogP contribution in [0.1, 0.15) is 16.7 Å². The minimum absolute atomic E-state index is 0.246. The Hall–Kier alpha value is -2.53.